The molecule has 1 unspecified atom stereocenters. The van der Waals surface area contributed by atoms with Crippen LogP contribution in [0.3, 0.4) is 0 Å². The molecule has 0 aliphatic heterocycles. The predicted molar refractivity (Wildman–Crippen MR) is 343 cm³/mol. The van der Waals surface area contributed by atoms with Crippen molar-refractivity contribution in [2.24, 2.45) is 0 Å². The van der Waals surface area contributed by atoms with Crippen molar-refractivity contribution < 1.29 is 28.6 Å². The minimum atomic E-state index is -0.805. The largest absolute Gasteiger partial charge is 0.462 e. The lowest BCUT2D eigenvalue weighted by Gasteiger charge is -2.18. The van der Waals surface area contributed by atoms with Gasteiger partial charge in [-0.2, -0.15) is 0 Å². The van der Waals surface area contributed by atoms with Gasteiger partial charge in [-0.25, -0.2) is 0 Å². The first-order valence-electron chi connectivity index (χ1n) is 31.3. The van der Waals surface area contributed by atoms with Gasteiger partial charge in [-0.15, -0.1) is 0 Å². The Bertz CT molecular complexity index is 1870. The molecule has 0 bridgehead atoms. The zero-order chi connectivity index (χ0) is 57.1. The Hall–Kier alpha value is -5.49. The average Bonchev–Trinajstić information content (AvgIpc) is 3.45. The van der Waals surface area contributed by atoms with Crippen LogP contribution in [0.2, 0.25) is 0 Å². The maximum atomic E-state index is 12.8. The van der Waals surface area contributed by atoms with Crippen LogP contribution in [0.5, 0.6) is 0 Å². The van der Waals surface area contributed by atoms with Gasteiger partial charge < -0.3 is 14.2 Å². The van der Waals surface area contributed by atoms with Gasteiger partial charge in [0, 0.05) is 19.3 Å². The molecule has 0 rings (SSSR count). The predicted octanol–water partition coefficient (Wildman–Crippen LogP) is 21.7. The summed E-state index contributed by atoms with van der Waals surface area (Å²) in [5, 5.41) is 0. The standard InChI is InChI=1S/C73H112O6/c1-4-7-10-13-15-17-19-21-23-25-27-29-30-31-32-33-34-35-36-37-38-39-40-41-42-44-45-47-49-51-53-55-57-60-63-66-72(75)78-69-70(68-77-71(74)65-62-59-12-9-6-3)79-73(76)67-64-61-58-56-54-52-50-48-46-43-28-26-24-22-20-18-16-14-11-8-5-2/h7-8,10-11,15-18,21-24,27-29,31-32,34-35,37-38,40-41,43-45,48-51,70H,4-6,9,12-14,19-20,25-26,30,33,36,39,42,46-47,52-69H2,1-3H3/b10-7-,11-8-,17-15-,18-16-,23-21-,24-22-,29-27-,32-31-,35-34-,38-37-,41-40-,43-28-,45-44-,50-48-,51-49-. The van der Waals surface area contributed by atoms with Crippen LogP contribution >= 0.6 is 0 Å². The smallest absolute Gasteiger partial charge is 0.306 e. The van der Waals surface area contributed by atoms with Crippen LogP contribution in [0.15, 0.2) is 182 Å². The summed E-state index contributed by atoms with van der Waals surface area (Å²) in [5.41, 5.74) is 0. The van der Waals surface area contributed by atoms with Gasteiger partial charge in [-0.05, 0) is 141 Å². The van der Waals surface area contributed by atoms with Crippen LogP contribution in [-0.4, -0.2) is 37.2 Å². The quantitative estimate of drug-likeness (QED) is 0.0261. The lowest BCUT2D eigenvalue weighted by molar-refractivity contribution is -0.167. The zero-order valence-electron chi connectivity index (χ0n) is 50.3. The van der Waals surface area contributed by atoms with E-state index >= 15 is 0 Å². The highest BCUT2D eigenvalue weighted by molar-refractivity contribution is 5.71. The molecule has 6 heteroatoms. The average molecular weight is 1090 g/mol. The maximum Gasteiger partial charge on any atom is 0.306 e. The number of allylic oxidation sites excluding steroid dienone is 30. The van der Waals surface area contributed by atoms with Crippen molar-refractivity contribution in [2.75, 3.05) is 13.2 Å². The molecule has 6 nitrogen and oxygen atoms in total. The molecule has 79 heavy (non-hydrogen) atoms. The van der Waals surface area contributed by atoms with E-state index in [4.69, 9.17) is 14.2 Å². The van der Waals surface area contributed by atoms with E-state index in [1.54, 1.807) is 0 Å². The van der Waals surface area contributed by atoms with Crippen LogP contribution in [0.4, 0.5) is 0 Å². The number of hydrogen-bond acceptors (Lipinski definition) is 6. The number of ether oxygens (including phenoxy) is 3. The third-order valence-corrected chi connectivity index (χ3v) is 12.4. The van der Waals surface area contributed by atoms with E-state index < -0.39 is 6.10 Å². The SMILES string of the molecule is CC/C=C\C/C=C\C/C=C\C/C=C\C/C=C\C/C=C\C/C=C\C/C=C\C/C=C\C/C=C\CCCCCCC(=O)OCC(COC(=O)CCCCCCC)OC(=O)CCCCCCC/C=C\C/C=C\C/C=C\C/C=C\C/C=C\CC. The van der Waals surface area contributed by atoms with Gasteiger partial charge in [0.1, 0.15) is 13.2 Å². The monoisotopic (exact) mass is 1080 g/mol. The van der Waals surface area contributed by atoms with Crippen molar-refractivity contribution in [3.05, 3.63) is 182 Å². The second kappa shape index (κ2) is 65.0. The minimum Gasteiger partial charge on any atom is -0.462 e. The highest BCUT2D eigenvalue weighted by Crippen LogP contribution is 2.13. The molecule has 0 amide bonds. The highest BCUT2D eigenvalue weighted by Gasteiger charge is 2.19. The fourth-order valence-electron chi connectivity index (χ4n) is 7.79. The van der Waals surface area contributed by atoms with E-state index in [-0.39, 0.29) is 31.1 Å². The van der Waals surface area contributed by atoms with Crippen molar-refractivity contribution in [2.45, 2.75) is 245 Å². The number of hydrogen-bond donors (Lipinski definition) is 0. The maximum absolute atomic E-state index is 12.8. The summed E-state index contributed by atoms with van der Waals surface area (Å²) in [6.07, 6.45) is 98.0. The molecule has 0 aliphatic rings. The number of esters is 3. The zero-order valence-corrected chi connectivity index (χ0v) is 50.3. The number of carbonyl (C=O) groups excluding carboxylic acids is 3. The molecule has 0 spiro atoms. The molecule has 0 aromatic carbocycles. The van der Waals surface area contributed by atoms with E-state index in [1.165, 1.54) is 0 Å². The van der Waals surface area contributed by atoms with Crippen molar-refractivity contribution in [1.29, 1.82) is 0 Å². The van der Waals surface area contributed by atoms with Crippen LogP contribution in [-0.2, 0) is 28.6 Å². The lowest BCUT2D eigenvalue weighted by Crippen LogP contribution is -2.30. The van der Waals surface area contributed by atoms with E-state index in [0.717, 1.165) is 199 Å². The highest BCUT2D eigenvalue weighted by atomic mass is 16.6. The Morgan fingerprint density at radius 2 is 0.494 bits per heavy atom. The van der Waals surface area contributed by atoms with Gasteiger partial charge in [0.25, 0.3) is 0 Å². The topological polar surface area (TPSA) is 78.9 Å². The molecule has 0 aromatic heterocycles. The molecule has 0 saturated heterocycles. The second-order valence-corrected chi connectivity index (χ2v) is 19.9. The van der Waals surface area contributed by atoms with Crippen LogP contribution in [0, 0.1) is 0 Å². The van der Waals surface area contributed by atoms with Crippen molar-refractivity contribution in [3.8, 4) is 0 Å². The fraction of sp³-hybridized carbons (Fsp3) is 0.548. The Morgan fingerprint density at radius 1 is 0.266 bits per heavy atom. The van der Waals surface area contributed by atoms with Gasteiger partial charge in [0.2, 0.25) is 0 Å². The van der Waals surface area contributed by atoms with Crippen molar-refractivity contribution in [1.82, 2.24) is 0 Å². The van der Waals surface area contributed by atoms with Crippen LogP contribution in [0.25, 0.3) is 0 Å². The van der Waals surface area contributed by atoms with Crippen LogP contribution in [0.1, 0.15) is 239 Å². The molecule has 0 saturated carbocycles. The first kappa shape index (κ1) is 73.5. The van der Waals surface area contributed by atoms with E-state index in [9.17, 15) is 14.4 Å². The summed E-state index contributed by atoms with van der Waals surface area (Å²) in [6, 6.07) is 0. The Labute approximate surface area is 484 Å². The number of carbonyl (C=O) groups is 3. The fourth-order valence-corrected chi connectivity index (χ4v) is 7.79. The van der Waals surface area contributed by atoms with E-state index in [0.29, 0.717) is 19.3 Å². The summed E-state index contributed by atoms with van der Waals surface area (Å²) in [6.45, 7) is 6.27. The molecule has 0 aliphatic carbocycles. The van der Waals surface area contributed by atoms with Gasteiger partial charge in [-0.1, -0.05) is 261 Å². The molecular weight excluding hydrogens is 973 g/mol. The molecular formula is C73H112O6. The third kappa shape index (κ3) is 63.2. The van der Waals surface area contributed by atoms with Gasteiger partial charge in [-0.3, -0.25) is 14.4 Å². The molecule has 0 fully saturated rings. The van der Waals surface area contributed by atoms with Gasteiger partial charge in [0.05, 0.1) is 0 Å². The molecule has 0 aromatic rings. The molecule has 0 radical (unpaired) electrons. The number of unbranched alkanes of at least 4 members (excludes halogenated alkanes) is 13. The lowest BCUT2D eigenvalue weighted by atomic mass is 10.1. The Kier molecular flexibility index (Phi) is 60.5. The summed E-state index contributed by atoms with van der Waals surface area (Å²) in [4.78, 5) is 37.9. The molecule has 1 atom stereocenters. The first-order chi connectivity index (χ1) is 39.0. The molecule has 440 valence electrons. The van der Waals surface area contributed by atoms with Crippen LogP contribution < -0.4 is 0 Å². The summed E-state index contributed by atoms with van der Waals surface area (Å²) >= 11 is 0. The van der Waals surface area contributed by atoms with Gasteiger partial charge >= 0.3 is 17.9 Å². The molecule has 0 N–H and O–H groups in total. The summed E-state index contributed by atoms with van der Waals surface area (Å²) < 4.78 is 16.7. The summed E-state index contributed by atoms with van der Waals surface area (Å²) in [7, 11) is 0. The third-order valence-electron chi connectivity index (χ3n) is 12.4. The second-order valence-electron chi connectivity index (χ2n) is 19.9. The number of rotatable bonds is 54. The summed E-state index contributed by atoms with van der Waals surface area (Å²) in [5.74, 6) is -0.973. The van der Waals surface area contributed by atoms with E-state index in [2.05, 4.69) is 203 Å². The Morgan fingerprint density at radius 3 is 0.772 bits per heavy atom. The van der Waals surface area contributed by atoms with Crippen molar-refractivity contribution >= 4 is 17.9 Å². The van der Waals surface area contributed by atoms with Crippen molar-refractivity contribution in [3.63, 3.8) is 0 Å². The van der Waals surface area contributed by atoms with E-state index in [1.807, 2.05) is 0 Å². The first-order valence-corrected chi connectivity index (χ1v) is 31.3. The minimum absolute atomic E-state index is 0.103. The molecule has 0 heterocycles. The Balaban J connectivity index is 4.19. The normalized spacial score (nSPS) is 13.4. The van der Waals surface area contributed by atoms with Gasteiger partial charge in [0.15, 0.2) is 6.10 Å².